The van der Waals surface area contributed by atoms with Gasteiger partial charge in [0.05, 0.1) is 4.92 Å². The molecule has 0 fully saturated rings. The van der Waals surface area contributed by atoms with Crippen molar-refractivity contribution in [3.8, 4) is 0 Å². The lowest BCUT2D eigenvalue weighted by molar-refractivity contribution is -0.384. The Labute approximate surface area is 184 Å². The average Bonchev–Trinajstić information content (AvgIpc) is 2.61. The van der Waals surface area contributed by atoms with E-state index in [2.05, 4.69) is 23.8 Å². The monoisotopic (exact) mass is 457 g/mol. The Hall–Kier alpha value is -4.35. The zero-order valence-corrected chi connectivity index (χ0v) is 17.9. The molecule has 0 aromatic heterocycles. The summed E-state index contributed by atoms with van der Waals surface area (Å²) in [5, 5.41) is 45.9. The van der Waals surface area contributed by atoms with E-state index in [1.807, 2.05) is 18.2 Å². The molecule has 2 aromatic carbocycles. The average molecular weight is 457 g/mol. The summed E-state index contributed by atoms with van der Waals surface area (Å²) in [7, 11) is 0. The lowest BCUT2D eigenvalue weighted by Gasteiger charge is -2.15. The van der Waals surface area contributed by atoms with Crippen LogP contribution < -0.4 is 0 Å². The van der Waals surface area contributed by atoms with Crippen molar-refractivity contribution in [2.75, 3.05) is 0 Å². The molecule has 0 radical (unpaired) electrons. The normalized spacial score (nSPS) is 8.62. The quantitative estimate of drug-likeness (QED) is 0.205. The molecule has 12 nitrogen and oxygen atoms in total. The van der Waals surface area contributed by atoms with Crippen molar-refractivity contribution in [1.82, 2.24) is 0 Å². The lowest BCUT2D eigenvalue weighted by atomic mass is 10.2. The maximum atomic E-state index is 10.0. The molecular formula is C20H27NO11. The van der Waals surface area contributed by atoms with Crippen LogP contribution in [-0.4, -0.2) is 54.5 Å². The van der Waals surface area contributed by atoms with Crippen molar-refractivity contribution < 1.29 is 49.6 Å². The molecule has 0 heterocycles. The SMILES string of the molecule is CC(C)(C)OC(=O)O.Cc1ccccc1.O=C(O)O.O=C(O)O.O=[N+]([O-])c1ccccc1. The Morgan fingerprint density at radius 2 is 1.09 bits per heavy atom. The summed E-state index contributed by atoms with van der Waals surface area (Å²) in [6, 6.07) is 18.2. The summed E-state index contributed by atoms with van der Waals surface area (Å²) >= 11 is 0. The second-order valence-electron chi connectivity index (χ2n) is 6.29. The maximum absolute atomic E-state index is 10.0. The molecule has 0 unspecified atom stereocenters. The molecular weight excluding hydrogens is 430 g/mol. The minimum absolute atomic E-state index is 0.137. The molecule has 0 bridgehead atoms. The number of benzene rings is 2. The minimum atomic E-state index is -1.83. The molecule has 32 heavy (non-hydrogen) atoms. The van der Waals surface area contributed by atoms with Crippen molar-refractivity contribution in [1.29, 1.82) is 0 Å². The largest absolute Gasteiger partial charge is 0.506 e. The Balaban J connectivity index is -0.000000341. The zero-order chi connectivity index (χ0) is 25.7. The van der Waals surface area contributed by atoms with Gasteiger partial charge in [0.2, 0.25) is 0 Å². The first-order valence-corrected chi connectivity index (χ1v) is 8.55. The first kappa shape index (κ1) is 32.3. The highest BCUT2D eigenvalue weighted by Gasteiger charge is 2.13. The standard InChI is InChI=1S/C7H8.C6H5NO2.C5H10O3.2CH2O3/c1-7-5-3-2-4-6-7;8-7(9)6-4-2-1-3-5-6;1-5(2,3)8-4(6)7;2*2-1(3)4/h2-6H,1H3;1-5H;1-3H3,(H,6,7);2*(H2,2,3,4). The fourth-order valence-corrected chi connectivity index (χ4v) is 1.35. The Kier molecular flexibility index (Phi) is 18.9. The molecule has 0 atom stereocenters. The number of nitro benzene ring substituents is 1. The fourth-order valence-electron chi connectivity index (χ4n) is 1.35. The van der Waals surface area contributed by atoms with Crippen LogP contribution >= 0.6 is 0 Å². The van der Waals surface area contributed by atoms with E-state index in [9.17, 15) is 14.9 Å². The predicted octanol–water partition coefficient (Wildman–Crippen LogP) is 5.51. The van der Waals surface area contributed by atoms with Gasteiger partial charge in [0.25, 0.3) is 5.69 Å². The van der Waals surface area contributed by atoms with Crippen LogP contribution in [0.1, 0.15) is 26.3 Å². The van der Waals surface area contributed by atoms with Gasteiger partial charge in [-0.1, -0.05) is 54.1 Å². The number of ether oxygens (including phenoxy) is 1. The van der Waals surface area contributed by atoms with Crippen LogP contribution in [0.15, 0.2) is 60.7 Å². The van der Waals surface area contributed by atoms with Crippen molar-refractivity contribution >= 4 is 24.2 Å². The highest BCUT2D eigenvalue weighted by atomic mass is 16.7. The van der Waals surface area contributed by atoms with E-state index < -0.39 is 29.0 Å². The molecule has 0 aliphatic carbocycles. The number of nitrogens with zero attached hydrogens (tertiary/aromatic N) is 1. The second-order valence-corrected chi connectivity index (χ2v) is 6.29. The van der Waals surface area contributed by atoms with Crippen LogP contribution in [0.25, 0.3) is 0 Å². The van der Waals surface area contributed by atoms with Crippen LogP contribution in [0.3, 0.4) is 0 Å². The number of aryl methyl sites for hydroxylation is 1. The molecule has 0 spiro atoms. The van der Waals surface area contributed by atoms with Gasteiger partial charge in [-0.25, -0.2) is 14.4 Å². The van der Waals surface area contributed by atoms with Crippen molar-refractivity contribution in [3.63, 3.8) is 0 Å². The van der Waals surface area contributed by atoms with Gasteiger partial charge in [-0.05, 0) is 27.7 Å². The number of rotatable bonds is 1. The smallest absolute Gasteiger partial charge is 0.450 e. The van der Waals surface area contributed by atoms with Crippen molar-refractivity contribution in [3.05, 3.63) is 76.3 Å². The van der Waals surface area contributed by atoms with E-state index in [1.54, 1.807) is 39.0 Å². The summed E-state index contributed by atoms with van der Waals surface area (Å²) in [5.74, 6) is 0. The summed E-state index contributed by atoms with van der Waals surface area (Å²) < 4.78 is 4.35. The van der Waals surface area contributed by atoms with E-state index in [0.29, 0.717) is 0 Å². The lowest BCUT2D eigenvalue weighted by Crippen LogP contribution is -2.22. The van der Waals surface area contributed by atoms with Gasteiger partial charge >= 0.3 is 18.5 Å². The predicted molar refractivity (Wildman–Crippen MR) is 114 cm³/mol. The summed E-state index contributed by atoms with van der Waals surface area (Å²) in [4.78, 5) is 36.5. The van der Waals surface area contributed by atoms with Crippen molar-refractivity contribution in [2.45, 2.75) is 33.3 Å². The number of carbonyl (C=O) groups is 3. The van der Waals surface area contributed by atoms with E-state index >= 15 is 0 Å². The number of hydrogen-bond acceptors (Lipinski definition) is 6. The summed E-state index contributed by atoms with van der Waals surface area (Å²) in [6.07, 6.45) is -4.89. The van der Waals surface area contributed by atoms with Crippen LogP contribution in [0.4, 0.5) is 20.1 Å². The molecule has 2 rings (SSSR count). The first-order chi connectivity index (χ1) is 14.6. The third-order valence-electron chi connectivity index (χ3n) is 2.30. The third kappa shape index (κ3) is 36.5. The van der Waals surface area contributed by atoms with Crippen LogP contribution in [0.2, 0.25) is 0 Å². The van der Waals surface area contributed by atoms with E-state index in [1.165, 1.54) is 17.7 Å². The number of carboxylic acid groups (broad SMARTS) is 5. The van der Waals surface area contributed by atoms with Crippen LogP contribution in [0.5, 0.6) is 0 Å². The van der Waals surface area contributed by atoms with E-state index in [-0.39, 0.29) is 5.69 Å². The highest BCUT2D eigenvalue weighted by Crippen LogP contribution is 2.07. The van der Waals surface area contributed by atoms with Crippen LogP contribution in [-0.2, 0) is 4.74 Å². The number of hydrogen-bond donors (Lipinski definition) is 5. The molecule has 12 heteroatoms. The second kappa shape index (κ2) is 18.7. The summed E-state index contributed by atoms with van der Waals surface area (Å²) in [5.41, 5.74) is 0.881. The maximum Gasteiger partial charge on any atom is 0.506 e. The van der Waals surface area contributed by atoms with Gasteiger partial charge in [-0.3, -0.25) is 10.1 Å². The van der Waals surface area contributed by atoms with E-state index in [0.717, 1.165) is 0 Å². The fraction of sp³-hybridized carbons (Fsp3) is 0.250. The molecule has 0 saturated heterocycles. The molecule has 0 aliphatic heterocycles. The van der Waals surface area contributed by atoms with Gasteiger partial charge in [-0.15, -0.1) is 0 Å². The Morgan fingerprint density at radius 1 is 0.781 bits per heavy atom. The number of para-hydroxylation sites is 1. The number of non-ortho nitro benzene ring substituents is 1. The summed E-state index contributed by atoms with van der Waals surface area (Å²) in [6.45, 7) is 7.13. The van der Waals surface area contributed by atoms with Crippen molar-refractivity contribution in [2.24, 2.45) is 0 Å². The first-order valence-electron chi connectivity index (χ1n) is 8.55. The highest BCUT2D eigenvalue weighted by molar-refractivity contribution is 5.57. The Bertz CT molecular complexity index is 768. The number of nitro groups is 1. The minimum Gasteiger partial charge on any atom is -0.450 e. The molecule has 0 saturated carbocycles. The third-order valence-corrected chi connectivity index (χ3v) is 2.30. The van der Waals surface area contributed by atoms with Gasteiger partial charge in [0, 0.05) is 12.1 Å². The van der Waals surface area contributed by atoms with Gasteiger partial charge < -0.3 is 30.3 Å². The van der Waals surface area contributed by atoms with Crippen LogP contribution in [0, 0.1) is 17.0 Å². The van der Waals surface area contributed by atoms with Gasteiger partial charge in [0.1, 0.15) is 5.60 Å². The zero-order valence-electron chi connectivity index (χ0n) is 17.9. The van der Waals surface area contributed by atoms with E-state index in [4.69, 9.17) is 35.1 Å². The Morgan fingerprint density at radius 3 is 1.22 bits per heavy atom. The molecule has 0 amide bonds. The molecule has 5 N–H and O–H groups in total. The van der Waals surface area contributed by atoms with Gasteiger partial charge in [-0.2, -0.15) is 0 Å². The van der Waals surface area contributed by atoms with Gasteiger partial charge in [0.15, 0.2) is 0 Å². The topological polar surface area (TPSA) is 205 Å². The molecule has 0 aliphatic rings. The molecule has 2 aromatic rings. The molecule has 178 valence electrons.